The van der Waals surface area contributed by atoms with E-state index in [4.69, 9.17) is 0 Å². The summed E-state index contributed by atoms with van der Waals surface area (Å²) in [7, 11) is 0. The summed E-state index contributed by atoms with van der Waals surface area (Å²) in [6, 6.07) is 10.9. The van der Waals surface area contributed by atoms with Crippen molar-refractivity contribution in [2.24, 2.45) is 0 Å². The molecule has 1 amide bonds. The monoisotopic (exact) mass is 359 g/mol. The minimum atomic E-state index is -4.75. The van der Waals surface area contributed by atoms with E-state index in [1.807, 2.05) is 0 Å². The maximum absolute atomic E-state index is 12.8. The van der Waals surface area contributed by atoms with Gasteiger partial charge in [0.15, 0.2) is 0 Å². The number of anilines is 1. The number of nitrogens with one attached hydrogen (secondary N) is 1. The van der Waals surface area contributed by atoms with Gasteiger partial charge in [-0.1, -0.05) is 12.1 Å². The molecule has 0 aliphatic rings. The number of alkyl halides is 3. The molecule has 3 nitrogen and oxygen atoms in total. The second-order valence-corrected chi connectivity index (χ2v) is 5.73. The van der Waals surface area contributed by atoms with E-state index in [1.165, 1.54) is 36.0 Å². The summed E-state index contributed by atoms with van der Waals surface area (Å²) in [5.74, 6) is -0.248. The Bertz CT molecular complexity index is 672. The number of amides is 1. The van der Waals surface area contributed by atoms with Crippen molar-refractivity contribution in [3.05, 3.63) is 59.9 Å². The van der Waals surface area contributed by atoms with Gasteiger partial charge in [0.1, 0.15) is 11.6 Å². The van der Waals surface area contributed by atoms with Crippen molar-refractivity contribution in [2.45, 2.75) is 12.1 Å². The third kappa shape index (κ3) is 6.49. The van der Waals surface area contributed by atoms with Crippen LogP contribution in [0.15, 0.2) is 48.5 Å². The number of ether oxygens (including phenoxy) is 1. The molecule has 8 heteroatoms. The number of carbonyl (C=O) groups excluding carboxylic acids is 1. The maximum atomic E-state index is 12.8. The molecule has 0 unspecified atom stereocenters. The van der Waals surface area contributed by atoms with E-state index in [9.17, 15) is 22.4 Å². The molecule has 0 aliphatic heterocycles. The predicted octanol–water partition coefficient (Wildman–Crippen LogP) is 4.60. The van der Waals surface area contributed by atoms with Crippen LogP contribution in [0.2, 0.25) is 0 Å². The lowest BCUT2D eigenvalue weighted by Gasteiger charge is -2.10. The van der Waals surface area contributed by atoms with Crippen LogP contribution in [-0.4, -0.2) is 18.0 Å². The zero-order valence-corrected chi connectivity index (χ0v) is 13.1. The molecular formula is C16H13F4NO2S. The smallest absolute Gasteiger partial charge is 0.406 e. The van der Waals surface area contributed by atoms with Gasteiger partial charge in [-0.25, -0.2) is 4.39 Å². The van der Waals surface area contributed by atoms with Crippen molar-refractivity contribution >= 4 is 23.4 Å². The van der Waals surface area contributed by atoms with E-state index >= 15 is 0 Å². The summed E-state index contributed by atoms with van der Waals surface area (Å²) >= 11 is 1.34. The minimum absolute atomic E-state index is 0.165. The highest BCUT2D eigenvalue weighted by molar-refractivity contribution is 7.99. The Hall–Kier alpha value is -2.22. The van der Waals surface area contributed by atoms with Crippen molar-refractivity contribution in [1.29, 1.82) is 0 Å². The molecular weight excluding hydrogens is 346 g/mol. The number of rotatable bonds is 6. The van der Waals surface area contributed by atoms with E-state index in [2.05, 4.69) is 10.1 Å². The summed E-state index contributed by atoms with van der Waals surface area (Å²) < 4.78 is 52.6. The van der Waals surface area contributed by atoms with Crippen LogP contribution in [0.5, 0.6) is 5.75 Å². The number of hydrogen-bond acceptors (Lipinski definition) is 3. The SMILES string of the molecule is O=C(CSCc1ccc(F)cc1)Nc1ccc(OC(F)(F)F)cc1. The Morgan fingerprint density at radius 1 is 1.04 bits per heavy atom. The van der Waals surface area contributed by atoms with E-state index in [0.29, 0.717) is 11.4 Å². The molecule has 2 aromatic rings. The largest absolute Gasteiger partial charge is 0.573 e. The van der Waals surface area contributed by atoms with Gasteiger partial charge in [0.05, 0.1) is 5.75 Å². The quantitative estimate of drug-likeness (QED) is 0.767. The van der Waals surface area contributed by atoms with E-state index in [1.54, 1.807) is 12.1 Å². The minimum Gasteiger partial charge on any atom is -0.406 e. The number of thioether (sulfide) groups is 1. The molecule has 0 radical (unpaired) electrons. The Kier molecular flexibility index (Phi) is 6.08. The van der Waals surface area contributed by atoms with Crippen LogP contribution in [-0.2, 0) is 10.5 Å². The van der Waals surface area contributed by atoms with Gasteiger partial charge in [0.2, 0.25) is 5.91 Å². The van der Waals surface area contributed by atoms with Crippen molar-refractivity contribution in [2.75, 3.05) is 11.1 Å². The topological polar surface area (TPSA) is 38.3 Å². The van der Waals surface area contributed by atoms with E-state index in [-0.39, 0.29) is 23.2 Å². The number of carbonyl (C=O) groups is 1. The molecule has 0 atom stereocenters. The van der Waals surface area contributed by atoms with Crippen LogP contribution in [0.1, 0.15) is 5.56 Å². The molecule has 0 aromatic heterocycles. The first-order valence-electron chi connectivity index (χ1n) is 6.80. The Labute approximate surface area is 140 Å². The van der Waals surface area contributed by atoms with Crippen molar-refractivity contribution in [1.82, 2.24) is 0 Å². The molecule has 0 aliphatic carbocycles. The lowest BCUT2D eigenvalue weighted by molar-refractivity contribution is -0.274. The summed E-state index contributed by atoms with van der Waals surface area (Å²) in [6.07, 6.45) is -4.75. The van der Waals surface area contributed by atoms with Gasteiger partial charge in [-0.15, -0.1) is 24.9 Å². The van der Waals surface area contributed by atoms with Gasteiger partial charge in [0.25, 0.3) is 0 Å². The first-order chi connectivity index (χ1) is 11.3. The number of hydrogen-bond donors (Lipinski definition) is 1. The molecule has 0 saturated carbocycles. The fourth-order valence-electron chi connectivity index (χ4n) is 1.78. The molecule has 0 heterocycles. The Morgan fingerprint density at radius 2 is 1.67 bits per heavy atom. The molecule has 0 spiro atoms. The summed E-state index contributed by atoms with van der Waals surface area (Å²) in [4.78, 5) is 11.8. The van der Waals surface area contributed by atoms with Crippen molar-refractivity contribution in [3.63, 3.8) is 0 Å². The molecule has 128 valence electrons. The van der Waals surface area contributed by atoms with Gasteiger partial charge < -0.3 is 10.1 Å². The van der Waals surface area contributed by atoms with Crippen LogP contribution in [0.25, 0.3) is 0 Å². The second-order valence-electron chi connectivity index (χ2n) is 4.74. The highest BCUT2D eigenvalue weighted by Crippen LogP contribution is 2.24. The Balaban J connectivity index is 1.76. The fraction of sp³-hybridized carbons (Fsp3) is 0.188. The van der Waals surface area contributed by atoms with Crippen LogP contribution in [0, 0.1) is 5.82 Å². The van der Waals surface area contributed by atoms with E-state index < -0.39 is 6.36 Å². The molecule has 0 fully saturated rings. The molecule has 2 rings (SSSR count). The number of halogens is 4. The first kappa shape index (κ1) is 18.1. The lowest BCUT2D eigenvalue weighted by Crippen LogP contribution is -2.17. The Morgan fingerprint density at radius 3 is 2.25 bits per heavy atom. The predicted molar refractivity (Wildman–Crippen MR) is 84.3 cm³/mol. The van der Waals surface area contributed by atoms with Gasteiger partial charge >= 0.3 is 6.36 Å². The van der Waals surface area contributed by atoms with Crippen LogP contribution in [0.3, 0.4) is 0 Å². The van der Waals surface area contributed by atoms with Crippen molar-refractivity contribution in [3.8, 4) is 5.75 Å². The van der Waals surface area contributed by atoms with Gasteiger partial charge in [0, 0.05) is 11.4 Å². The molecule has 1 N–H and O–H groups in total. The molecule has 0 bridgehead atoms. The standard InChI is InChI=1S/C16H13F4NO2S/c17-12-3-1-11(2-4-12)9-24-10-15(22)21-13-5-7-14(8-6-13)23-16(18,19)20/h1-8H,9-10H2,(H,21,22). The first-order valence-corrected chi connectivity index (χ1v) is 7.95. The zero-order chi connectivity index (χ0) is 17.6. The fourth-order valence-corrected chi connectivity index (χ4v) is 2.57. The highest BCUT2D eigenvalue weighted by Gasteiger charge is 2.30. The molecule has 24 heavy (non-hydrogen) atoms. The summed E-state index contributed by atoms with van der Waals surface area (Å²) in [6.45, 7) is 0. The van der Waals surface area contributed by atoms with Gasteiger partial charge in [-0.3, -0.25) is 4.79 Å². The normalized spacial score (nSPS) is 11.2. The number of benzene rings is 2. The summed E-state index contributed by atoms with van der Waals surface area (Å²) in [5.41, 5.74) is 1.26. The zero-order valence-electron chi connectivity index (χ0n) is 12.3. The summed E-state index contributed by atoms with van der Waals surface area (Å²) in [5, 5.41) is 2.57. The second kappa shape index (κ2) is 8.05. The van der Waals surface area contributed by atoms with Crippen LogP contribution in [0.4, 0.5) is 23.2 Å². The van der Waals surface area contributed by atoms with Crippen molar-refractivity contribution < 1.29 is 27.1 Å². The van der Waals surface area contributed by atoms with E-state index in [0.717, 1.165) is 17.7 Å². The molecule has 0 saturated heterocycles. The van der Waals surface area contributed by atoms with Gasteiger partial charge in [-0.2, -0.15) is 0 Å². The van der Waals surface area contributed by atoms with Crippen LogP contribution >= 0.6 is 11.8 Å². The van der Waals surface area contributed by atoms with Gasteiger partial charge in [-0.05, 0) is 42.0 Å². The average Bonchev–Trinajstić information content (AvgIpc) is 2.50. The van der Waals surface area contributed by atoms with Crippen LogP contribution < -0.4 is 10.1 Å². The average molecular weight is 359 g/mol. The lowest BCUT2D eigenvalue weighted by atomic mass is 10.2. The molecule has 2 aromatic carbocycles. The maximum Gasteiger partial charge on any atom is 0.573 e. The third-order valence-corrected chi connectivity index (χ3v) is 3.79. The highest BCUT2D eigenvalue weighted by atomic mass is 32.2. The third-order valence-electron chi connectivity index (χ3n) is 2.79.